The second-order valence-corrected chi connectivity index (χ2v) is 5.76. The third-order valence-electron chi connectivity index (χ3n) is 3.04. The van der Waals surface area contributed by atoms with Crippen LogP contribution in [-0.4, -0.2) is 31.3 Å². The molecule has 8 nitrogen and oxygen atoms in total. The fourth-order valence-electron chi connectivity index (χ4n) is 1.94. The Bertz CT molecular complexity index is 699. The maximum Gasteiger partial charge on any atom is 0.269 e. The summed E-state index contributed by atoms with van der Waals surface area (Å²) in [7, 11) is 0. The van der Waals surface area contributed by atoms with E-state index in [1.807, 2.05) is 11.5 Å². The Morgan fingerprint density at radius 1 is 1.35 bits per heavy atom. The number of nitro benzene ring substituents is 1. The molecule has 1 amide bonds. The first-order chi connectivity index (χ1) is 11.0. The normalized spacial score (nSPS) is 10.5. The van der Waals surface area contributed by atoms with Gasteiger partial charge >= 0.3 is 0 Å². The van der Waals surface area contributed by atoms with Crippen molar-refractivity contribution in [1.82, 2.24) is 14.8 Å². The predicted molar refractivity (Wildman–Crippen MR) is 87.5 cm³/mol. The first-order valence-electron chi connectivity index (χ1n) is 7.08. The minimum atomic E-state index is -0.482. The molecular formula is C14H17N5O3S. The van der Waals surface area contributed by atoms with Crippen molar-refractivity contribution in [2.45, 2.75) is 32.0 Å². The smallest absolute Gasteiger partial charge is 0.269 e. The Morgan fingerprint density at radius 3 is 2.65 bits per heavy atom. The highest BCUT2D eigenvalue weighted by atomic mass is 32.2. The number of nitrogens with zero attached hydrogens (tertiary/aromatic N) is 4. The number of carbonyl (C=O) groups is 1. The van der Waals surface area contributed by atoms with Gasteiger partial charge in [-0.15, -0.1) is 10.2 Å². The van der Waals surface area contributed by atoms with E-state index in [0.29, 0.717) is 10.8 Å². The average molecular weight is 335 g/mol. The van der Waals surface area contributed by atoms with E-state index in [-0.39, 0.29) is 17.3 Å². The summed E-state index contributed by atoms with van der Waals surface area (Å²) in [5.74, 6) is 0.816. The lowest BCUT2D eigenvalue weighted by Crippen LogP contribution is -2.14. The van der Waals surface area contributed by atoms with Gasteiger partial charge in [0.15, 0.2) is 5.16 Å². The molecule has 0 saturated carbocycles. The van der Waals surface area contributed by atoms with Crippen LogP contribution in [0.3, 0.4) is 0 Å². The van der Waals surface area contributed by atoms with Crippen molar-refractivity contribution < 1.29 is 9.72 Å². The Balaban J connectivity index is 1.91. The van der Waals surface area contributed by atoms with Gasteiger partial charge in [-0.3, -0.25) is 14.9 Å². The summed E-state index contributed by atoms with van der Waals surface area (Å²) in [6.45, 7) is 4.75. The number of aromatic nitrogens is 3. The van der Waals surface area contributed by atoms with Crippen molar-refractivity contribution in [3.05, 3.63) is 40.2 Å². The summed E-state index contributed by atoms with van der Waals surface area (Å²) in [6, 6.07) is 5.71. The molecule has 1 N–H and O–H groups in total. The monoisotopic (exact) mass is 335 g/mol. The van der Waals surface area contributed by atoms with Gasteiger partial charge in [0.1, 0.15) is 5.82 Å². The van der Waals surface area contributed by atoms with E-state index < -0.39 is 4.92 Å². The number of nitrogens with one attached hydrogen (secondary N) is 1. The number of nitro groups is 1. The number of non-ortho nitro benzene ring substituents is 1. The number of benzene rings is 1. The predicted octanol–water partition coefficient (Wildman–Crippen LogP) is 2.64. The number of aryl methyl sites for hydroxylation is 1. The molecule has 0 aliphatic heterocycles. The number of amides is 1. The Morgan fingerprint density at radius 2 is 2.04 bits per heavy atom. The number of anilines is 1. The van der Waals surface area contributed by atoms with Gasteiger partial charge in [0.25, 0.3) is 5.69 Å². The van der Waals surface area contributed by atoms with Crippen LogP contribution in [0, 0.1) is 17.0 Å². The topological polar surface area (TPSA) is 103 Å². The van der Waals surface area contributed by atoms with Crippen molar-refractivity contribution >= 4 is 29.0 Å². The fourth-order valence-corrected chi connectivity index (χ4v) is 2.75. The molecule has 0 fully saturated rings. The SMILES string of the molecule is CCCn1c(C)nnc1SCC(=O)Nc1ccc([N+](=O)[O-])cc1. The van der Waals surface area contributed by atoms with Gasteiger partial charge in [0.05, 0.1) is 10.7 Å². The van der Waals surface area contributed by atoms with E-state index in [1.54, 1.807) is 0 Å². The zero-order chi connectivity index (χ0) is 16.8. The molecule has 0 atom stereocenters. The lowest BCUT2D eigenvalue weighted by Gasteiger charge is -2.07. The highest BCUT2D eigenvalue weighted by Gasteiger charge is 2.12. The number of carbonyl (C=O) groups excluding carboxylic acids is 1. The zero-order valence-corrected chi connectivity index (χ0v) is 13.7. The van der Waals surface area contributed by atoms with Crippen molar-refractivity contribution in [2.75, 3.05) is 11.1 Å². The van der Waals surface area contributed by atoms with Crippen molar-refractivity contribution in [2.24, 2.45) is 0 Å². The molecule has 0 radical (unpaired) electrons. The van der Waals surface area contributed by atoms with Crippen LogP contribution in [0.15, 0.2) is 29.4 Å². The molecule has 9 heteroatoms. The van der Waals surface area contributed by atoms with Gasteiger partial charge in [-0.2, -0.15) is 0 Å². The molecule has 122 valence electrons. The third-order valence-corrected chi connectivity index (χ3v) is 4.01. The standard InChI is InChI=1S/C14H17N5O3S/c1-3-8-18-10(2)16-17-14(18)23-9-13(20)15-11-4-6-12(7-5-11)19(21)22/h4-7H,3,8-9H2,1-2H3,(H,15,20). The molecule has 0 spiro atoms. The van der Waals surface area contributed by atoms with Crippen molar-refractivity contribution in [3.8, 4) is 0 Å². The molecule has 0 aliphatic rings. The van der Waals surface area contributed by atoms with Crippen molar-refractivity contribution in [3.63, 3.8) is 0 Å². The van der Waals surface area contributed by atoms with Gasteiger partial charge in [-0.25, -0.2) is 0 Å². The van der Waals surface area contributed by atoms with Crippen LogP contribution >= 0.6 is 11.8 Å². The maximum atomic E-state index is 12.0. The number of hydrogen-bond donors (Lipinski definition) is 1. The molecule has 0 aliphatic carbocycles. The minimum Gasteiger partial charge on any atom is -0.325 e. The summed E-state index contributed by atoms with van der Waals surface area (Å²) >= 11 is 1.31. The molecule has 0 bridgehead atoms. The zero-order valence-electron chi connectivity index (χ0n) is 12.9. The average Bonchev–Trinajstić information content (AvgIpc) is 2.87. The van der Waals surface area contributed by atoms with Crippen LogP contribution in [-0.2, 0) is 11.3 Å². The summed E-state index contributed by atoms with van der Waals surface area (Å²) < 4.78 is 1.98. The van der Waals surface area contributed by atoms with Crippen LogP contribution in [0.4, 0.5) is 11.4 Å². The van der Waals surface area contributed by atoms with Gasteiger partial charge in [0, 0.05) is 24.4 Å². The van der Waals surface area contributed by atoms with E-state index >= 15 is 0 Å². The summed E-state index contributed by atoms with van der Waals surface area (Å²) in [5, 5.41) is 22.1. The molecule has 0 saturated heterocycles. The Kier molecular flexibility index (Phi) is 5.69. The van der Waals surface area contributed by atoms with Gasteiger partial charge in [0.2, 0.25) is 5.91 Å². The number of rotatable bonds is 7. The number of thioether (sulfide) groups is 1. The third kappa shape index (κ3) is 4.52. The van der Waals surface area contributed by atoms with Crippen LogP contribution in [0.1, 0.15) is 19.2 Å². The van der Waals surface area contributed by atoms with Crippen LogP contribution in [0.2, 0.25) is 0 Å². The van der Waals surface area contributed by atoms with Gasteiger partial charge in [-0.1, -0.05) is 18.7 Å². The molecule has 1 heterocycles. The molecule has 0 unspecified atom stereocenters. The van der Waals surface area contributed by atoms with Crippen LogP contribution in [0.25, 0.3) is 0 Å². The second-order valence-electron chi connectivity index (χ2n) is 4.82. The molecule has 2 rings (SSSR count). The molecular weight excluding hydrogens is 318 g/mol. The molecule has 2 aromatic rings. The number of hydrogen-bond acceptors (Lipinski definition) is 6. The fraction of sp³-hybridized carbons (Fsp3) is 0.357. The lowest BCUT2D eigenvalue weighted by atomic mass is 10.3. The quantitative estimate of drug-likeness (QED) is 0.474. The second kappa shape index (κ2) is 7.73. The summed E-state index contributed by atoms with van der Waals surface area (Å²) in [6.07, 6.45) is 0.960. The highest BCUT2D eigenvalue weighted by Crippen LogP contribution is 2.19. The van der Waals surface area contributed by atoms with E-state index in [9.17, 15) is 14.9 Å². The lowest BCUT2D eigenvalue weighted by molar-refractivity contribution is -0.384. The molecule has 23 heavy (non-hydrogen) atoms. The minimum absolute atomic E-state index is 0.0134. The van der Waals surface area contributed by atoms with E-state index in [2.05, 4.69) is 22.4 Å². The summed E-state index contributed by atoms with van der Waals surface area (Å²) in [4.78, 5) is 22.1. The summed E-state index contributed by atoms with van der Waals surface area (Å²) in [5.41, 5.74) is 0.507. The molecule has 1 aromatic carbocycles. The van der Waals surface area contributed by atoms with Gasteiger partial charge in [-0.05, 0) is 25.5 Å². The van der Waals surface area contributed by atoms with Crippen LogP contribution < -0.4 is 5.32 Å². The van der Waals surface area contributed by atoms with E-state index in [4.69, 9.17) is 0 Å². The molecule has 1 aromatic heterocycles. The highest BCUT2D eigenvalue weighted by molar-refractivity contribution is 7.99. The van der Waals surface area contributed by atoms with Gasteiger partial charge < -0.3 is 9.88 Å². The van der Waals surface area contributed by atoms with E-state index in [1.165, 1.54) is 36.0 Å². The van der Waals surface area contributed by atoms with Crippen molar-refractivity contribution in [1.29, 1.82) is 0 Å². The Hall–Kier alpha value is -2.42. The van der Waals surface area contributed by atoms with E-state index in [0.717, 1.165) is 18.8 Å². The Labute approximate surface area is 137 Å². The largest absolute Gasteiger partial charge is 0.325 e. The first kappa shape index (κ1) is 16.9. The van der Waals surface area contributed by atoms with Crippen LogP contribution in [0.5, 0.6) is 0 Å². The maximum absolute atomic E-state index is 12.0. The first-order valence-corrected chi connectivity index (χ1v) is 8.06.